The molecular formula is C16H15F4N3OS. The van der Waals surface area contributed by atoms with Crippen LogP contribution in [0.15, 0.2) is 35.5 Å². The standard InChI is InChI=1S/C16H15F4N3OS/c1-9(2)21-14(24)8-25-15-22-12(7-13(23-15)16(18,19)20)10-3-5-11(17)6-4-10/h3-7,9H,8H2,1-2H3,(H,21,24). The summed E-state index contributed by atoms with van der Waals surface area (Å²) in [4.78, 5) is 19.2. The van der Waals surface area contributed by atoms with Crippen LogP contribution in [0, 0.1) is 5.82 Å². The van der Waals surface area contributed by atoms with Gasteiger partial charge in [-0.05, 0) is 44.2 Å². The van der Waals surface area contributed by atoms with E-state index in [1.165, 1.54) is 12.1 Å². The summed E-state index contributed by atoms with van der Waals surface area (Å²) >= 11 is 0.804. The maximum atomic E-state index is 13.1. The predicted molar refractivity (Wildman–Crippen MR) is 86.4 cm³/mol. The molecule has 0 unspecified atom stereocenters. The van der Waals surface area contributed by atoms with Gasteiger partial charge in [-0.2, -0.15) is 13.2 Å². The molecule has 0 spiro atoms. The van der Waals surface area contributed by atoms with Crippen LogP contribution in [0.2, 0.25) is 0 Å². The summed E-state index contributed by atoms with van der Waals surface area (Å²) in [6.45, 7) is 3.55. The Kier molecular flexibility index (Phi) is 5.99. The molecule has 2 rings (SSSR count). The van der Waals surface area contributed by atoms with E-state index in [1.54, 1.807) is 13.8 Å². The van der Waals surface area contributed by atoms with Crippen LogP contribution in [0.25, 0.3) is 11.3 Å². The van der Waals surface area contributed by atoms with Gasteiger partial charge in [0.2, 0.25) is 5.91 Å². The second-order valence-electron chi connectivity index (χ2n) is 5.44. The number of aromatic nitrogens is 2. The number of halogens is 4. The third-order valence-corrected chi connectivity index (χ3v) is 3.77. The highest BCUT2D eigenvalue weighted by atomic mass is 32.2. The van der Waals surface area contributed by atoms with Crippen molar-refractivity contribution in [1.82, 2.24) is 15.3 Å². The minimum atomic E-state index is -4.66. The highest BCUT2D eigenvalue weighted by Crippen LogP contribution is 2.32. The van der Waals surface area contributed by atoms with Gasteiger partial charge in [0.05, 0.1) is 11.4 Å². The molecule has 1 aromatic heterocycles. The first-order chi connectivity index (χ1) is 11.6. The number of hydrogen-bond acceptors (Lipinski definition) is 4. The van der Waals surface area contributed by atoms with E-state index in [-0.39, 0.29) is 28.6 Å². The maximum Gasteiger partial charge on any atom is 0.433 e. The van der Waals surface area contributed by atoms with Crippen molar-refractivity contribution in [1.29, 1.82) is 0 Å². The third-order valence-electron chi connectivity index (χ3n) is 2.92. The smallest absolute Gasteiger partial charge is 0.353 e. The van der Waals surface area contributed by atoms with Crippen LogP contribution in [0.1, 0.15) is 19.5 Å². The van der Waals surface area contributed by atoms with Crippen LogP contribution in [-0.2, 0) is 11.0 Å². The summed E-state index contributed by atoms with van der Waals surface area (Å²) in [7, 11) is 0. The van der Waals surface area contributed by atoms with E-state index in [1.807, 2.05) is 0 Å². The number of thioether (sulfide) groups is 1. The Morgan fingerprint density at radius 3 is 2.40 bits per heavy atom. The molecule has 0 aliphatic rings. The molecule has 1 aromatic carbocycles. The summed E-state index contributed by atoms with van der Waals surface area (Å²) in [5, 5.41) is 2.46. The van der Waals surface area contributed by atoms with Gasteiger partial charge in [-0.3, -0.25) is 4.79 Å². The number of alkyl halides is 3. The van der Waals surface area contributed by atoms with Crippen molar-refractivity contribution in [3.8, 4) is 11.3 Å². The molecule has 0 bridgehead atoms. The Bertz CT molecular complexity index is 748. The Morgan fingerprint density at radius 1 is 1.20 bits per heavy atom. The molecule has 1 amide bonds. The predicted octanol–water partition coefficient (Wildman–Crippen LogP) is 3.92. The quantitative estimate of drug-likeness (QED) is 0.490. The topological polar surface area (TPSA) is 54.9 Å². The summed E-state index contributed by atoms with van der Waals surface area (Å²) in [6, 6.07) is 5.65. The lowest BCUT2D eigenvalue weighted by molar-refractivity contribution is -0.141. The lowest BCUT2D eigenvalue weighted by Gasteiger charge is -2.11. The molecule has 25 heavy (non-hydrogen) atoms. The zero-order chi connectivity index (χ0) is 18.6. The first kappa shape index (κ1) is 19.2. The molecule has 0 saturated heterocycles. The number of hydrogen-bond donors (Lipinski definition) is 1. The SMILES string of the molecule is CC(C)NC(=O)CSc1nc(-c2ccc(F)cc2)cc(C(F)(F)F)n1. The number of nitrogens with zero attached hydrogens (tertiary/aromatic N) is 2. The van der Waals surface area contributed by atoms with Crippen LogP contribution < -0.4 is 5.32 Å². The highest BCUT2D eigenvalue weighted by molar-refractivity contribution is 7.99. The van der Waals surface area contributed by atoms with E-state index in [4.69, 9.17) is 0 Å². The maximum absolute atomic E-state index is 13.1. The fourth-order valence-electron chi connectivity index (χ4n) is 1.90. The van der Waals surface area contributed by atoms with E-state index in [2.05, 4.69) is 15.3 Å². The number of benzene rings is 1. The summed E-state index contributed by atoms with van der Waals surface area (Å²) < 4.78 is 52.2. The Balaban J connectivity index is 2.31. The molecule has 1 N–H and O–H groups in total. The highest BCUT2D eigenvalue weighted by Gasteiger charge is 2.34. The summed E-state index contributed by atoms with van der Waals surface area (Å²) in [6.07, 6.45) is -4.66. The molecule has 9 heteroatoms. The molecule has 1 heterocycles. The van der Waals surface area contributed by atoms with E-state index in [0.29, 0.717) is 5.56 Å². The molecule has 0 fully saturated rings. The van der Waals surface area contributed by atoms with Gasteiger partial charge in [-0.1, -0.05) is 11.8 Å². The molecule has 134 valence electrons. The van der Waals surface area contributed by atoms with Gasteiger partial charge in [-0.15, -0.1) is 0 Å². The molecular weight excluding hydrogens is 358 g/mol. The van der Waals surface area contributed by atoms with Crippen molar-refractivity contribution in [2.75, 3.05) is 5.75 Å². The van der Waals surface area contributed by atoms with E-state index >= 15 is 0 Å². The van der Waals surface area contributed by atoms with Crippen LogP contribution in [0.3, 0.4) is 0 Å². The lowest BCUT2D eigenvalue weighted by atomic mass is 10.1. The van der Waals surface area contributed by atoms with Crippen LogP contribution in [0.5, 0.6) is 0 Å². The van der Waals surface area contributed by atoms with Gasteiger partial charge in [0, 0.05) is 11.6 Å². The number of carbonyl (C=O) groups excluding carboxylic acids is 1. The molecule has 0 aliphatic carbocycles. The molecule has 0 atom stereocenters. The van der Waals surface area contributed by atoms with Gasteiger partial charge < -0.3 is 5.32 Å². The van der Waals surface area contributed by atoms with Crippen molar-refractivity contribution in [3.05, 3.63) is 41.8 Å². The van der Waals surface area contributed by atoms with Crippen LogP contribution in [-0.4, -0.2) is 27.7 Å². The monoisotopic (exact) mass is 373 g/mol. The summed E-state index contributed by atoms with van der Waals surface area (Å²) in [5.74, 6) is -0.944. The van der Waals surface area contributed by atoms with Gasteiger partial charge in [0.15, 0.2) is 5.16 Å². The average Bonchev–Trinajstić information content (AvgIpc) is 2.52. The third kappa shape index (κ3) is 5.70. The molecule has 4 nitrogen and oxygen atoms in total. The minimum Gasteiger partial charge on any atom is -0.353 e. The normalized spacial score (nSPS) is 11.6. The summed E-state index contributed by atoms with van der Waals surface area (Å²) in [5.41, 5.74) is -0.787. The van der Waals surface area contributed by atoms with Gasteiger partial charge in [-0.25, -0.2) is 14.4 Å². The Hall–Kier alpha value is -2.16. The van der Waals surface area contributed by atoms with Crippen molar-refractivity contribution in [2.24, 2.45) is 0 Å². The number of amides is 1. The van der Waals surface area contributed by atoms with Gasteiger partial charge in [0.25, 0.3) is 0 Å². The van der Waals surface area contributed by atoms with Crippen LogP contribution >= 0.6 is 11.8 Å². The minimum absolute atomic E-state index is 0.00842. The molecule has 2 aromatic rings. The first-order valence-corrected chi connectivity index (χ1v) is 8.28. The lowest BCUT2D eigenvalue weighted by Crippen LogP contribution is -2.31. The first-order valence-electron chi connectivity index (χ1n) is 7.29. The fraction of sp³-hybridized carbons (Fsp3) is 0.312. The van der Waals surface area contributed by atoms with Crippen molar-refractivity contribution < 1.29 is 22.4 Å². The number of nitrogens with one attached hydrogen (secondary N) is 1. The van der Waals surface area contributed by atoms with E-state index in [9.17, 15) is 22.4 Å². The largest absolute Gasteiger partial charge is 0.433 e. The van der Waals surface area contributed by atoms with Gasteiger partial charge in [0.1, 0.15) is 11.5 Å². The number of carbonyl (C=O) groups is 1. The van der Waals surface area contributed by atoms with E-state index < -0.39 is 17.7 Å². The van der Waals surface area contributed by atoms with Crippen LogP contribution in [0.4, 0.5) is 17.6 Å². The fourth-order valence-corrected chi connectivity index (χ4v) is 2.57. The van der Waals surface area contributed by atoms with E-state index in [0.717, 1.165) is 30.0 Å². The molecule has 0 aliphatic heterocycles. The Labute approximate surface area is 146 Å². The van der Waals surface area contributed by atoms with Crippen molar-refractivity contribution in [3.63, 3.8) is 0 Å². The second-order valence-corrected chi connectivity index (χ2v) is 6.38. The molecule has 0 radical (unpaired) electrons. The van der Waals surface area contributed by atoms with Gasteiger partial charge >= 0.3 is 6.18 Å². The average molecular weight is 373 g/mol. The zero-order valence-corrected chi connectivity index (χ0v) is 14.2. The molecule has 0 saturated carbocycles. The second kappa shape index (κ2) is 7.81. The van der Waals surface area contributed by atoms with Crippen molar-refractivity contribution in [2.45, 2.75) is 31.2 Å². The number of rotatable bonds is 5. The zero-order valence-electron chi connectivity index (χ0n) is 13.4. The van der Waals surface area contributed by atoms with Crippen molar-refractivity contribution >= 4 is 17.7 Å². The Morgan fingerprint density at radius 2 is 1.84 bits per heavy atom.